The molecule has 0 aliphatic rings. The van der Waals surface area contributed by atoms with Gasteiger partial charge in [-0.05, 0) is 11.0 Å². The number of hydrogen-bond donors (Lipinski definition) is 1. The van der Waals surface area contributed by atoms with E-state index in [1.54, 1.807) is 0 Å². The Morgan fingerprint density at radius 2 is 1.79 bits per heavy atom. The summed E-state index contributed by atoms with van der Waals surface area (Å²) < 4.78 is 5.27. The maximum atomic E-state index is 5.56. The van der Waals surface area contributed by atoms with Gasteiger partial charge in [-0.3, -0.25) is 0 Å². The summed E-state index contributed by atoms with van der Waals surface area (Å²) in [7, 11) is 0. The molecule has 0 aliphatic heterocycles. The van der Waals surface area contributed by atoms with E-state index in [4.69, 9.17) is 10.3 Å². The van der Waals surface area contributed by atoms with E-state index in [1.807, 2.05) is 24.3 Å². The molecule has 2 rings (SSSR count). The second-order valence-corrected chi connectivity index (χ2v) is 5.65. The van der Waals surface area contributed by atoms with Gasteiger partial charge in [-0.25, -0.2) is 0 Å². The highest BCUT2D eigenvalue weighted by atomic mass is 35.5. The van der Waals surface area contributed by atoms with Crippen molar-refractivity contribution in [1.82, 2.24) is 10.1 Å². The first kappa shape index (κ1) is 15.7. The minimum atomic E-state index is 0. The molecule has 0 atom stereocenters. The molecule has 5 heteroatoms. The average molecular weight is 282 g/mol. The fourth-order valence-electron chi connectivity index (χ4n) is 1.69. The van der Waals surface area contributed by atoms with Crippen LogP contribution in [0.25, 0.3) is 11.4 Å². The first-order valence-corrected chi connectivity index (χ1v) is 6.10. The number of benzene rings is 1. The third-order valence-corrected chi connectivity index (χ3v) is 2.60. The maximum absolute atomic E-state index is 5.56. The van der Waals surface area contributed by atoms with Crippen molar-refractivity contribution >= 4 is 12.4 Å². The van der Waals surface area contributed by atoms with Crippen LogP contribution < -0.4 is 5.73 Å². The summed E-state index contributed by atoms with van der Waals surface area (Å²) in [6.45, 7) is 6.98. The molecule has 1 heterocycles. The number of hydrogen-bond acceptors (Lipinski definition) is 4. The van der Waals surface area contributed by atoms with Crippen molar-refractivity contribution in [2.24, 2.45) is 11.1 Å². The monoisotopic (exact) mass is 281 g/mol. The lowest BCUT2D eigenvalue weighted by atomic mass is 9.92. The second kappa shape index (κ2) is 6.17. The van der Waals surface area contributed by atoms with Crippen LogP contribution in [0.15, 0.2) is 28.8 Å². The fraction of sp³-hybridized carbons (Fsp3) is 0.429. The molecule has 19 heavy (non-hydrogen) atoms. The van der Waals surface area contributed by atoms with Crippen molar-refractivity contribution in [3.05, 3.63) is 35.7 Å². The Morgan fingerprint density at radius 1 is 1.16 bits per heavy atom. The van der Waals surface area contributed by atoms with Gasteiger partial charge in [0, 0.05) is 18.5 Å². The lowest BCUT2D eigenvalue weighted by Crippen LogP contribution is -2.09. The van der Waals surface area contributed by atoms with Gasteiger partial charge in [0.1, 0.15) is 0 Å². The van der Waals surface area contributed by atoms with Gasteiger partial charge in [0.25, 0.3) is 0 Å². The normalized spacial score (nSPS) is 11.2. The number of rotatable bonds is 3. The van der Waals surface area contributed by atoms with Crippen LogP contribution in [0.4, 0.5) is 0 Å². The van der Waals surface area contributed by atoms with Crippen molar-refractivity contribution in [2.75, 3.05) is 0 Å². The van der Waals surface area contributed by atoms with Gasteiger partial charge in [-0.15, -0.1) is 12.4 Å². The Hall–Kier alpha value is -1.39. The van der Waals surface area contributed by atoms with Crippen molar-refractivity contribution in [2.45, 2.75) is 33.7 Å². The summed E-state index contributed by atoms with van der Waals surface area (Å²) >= 11 is 0. The van der Waals surface area contributed by atoms with Crippen molar-refractivity contribution in [3.63, 3.8) is 0 Å². The van der Waals surface area contributed by atoms with Crippen LogP contribution in [0, 0.1) is 5.41 Å². The molecule has 104 valence electrons. The van der Waals surface area contributed by atoms with E-state index in [-0.39, 0.29) is 17.8 Å². The third-order valence-electron chi connectivity index (χ3n) is 2.60. The highest BCUT2D eigenvalue weighted by Gasteiger charge is 2.17. The molecule has 4 nitrogen and oxygen atoms in total. The van der Waals surface area contributed by atoms with Crippen LogP contribution in [0.5, 0.6) is 0 Å². The first-order chi connectivity index (χ1) is 8.48. The molecule has 0 unspecified atom stereocenters. The van der Waals surface area contributed by atoms with Gasteiger partial charge in [-0.1, -0.05) is 50.2 Å². The standard InChI is InChI=1S/C14H19N3O.ClH/c1-14(2,3)8-12-16-13(17-18-12)11-6-4-10(9-15)5-7-11;/h4-7H,8-9,15H2,1-3H3;1H. The minimum absolute atomic E-state index is 0. The van der Waals surface area contributed by atoms with Gasteiger partial charge in [0.2, 0.25) is 11.7 Å². The molecule has 0 aliphatic carbocycles. The quantitative estimate of drug-likeness (QED) is 0.938. The van der Waals surface area contributed by atoms with E-state index >= 15 is 0 Å². The van der Waals surface area contributed by atoms with E-state index in [1.165, 1.54) is 0 Å². The number of nitrogens with two attached hydrogens (primary N) is 1. The van der Waals surface area contributed by atoms with Crippen LogP contribution in [0.2, 0.25) is 0 Å². The highest BCUT2D eigenvalue weighted by Crippen LogP contribution is 2.22. The smallest absolute Gasteiger partial charge is 0.227 e. The Labute approximate surface area is 119 Å². The van der Waals surface area contributed by atoms with Crippen LogP contribution >= 0.6 is 12.4 Å². The van der Waals surface area contributed by atoms with Crippen LogP contribution in [-0.2, 0) is 13.0 Å². The van der Waals surface area contributed by atoms with Gasteiger partial charge >= 0.3 is 0 Å². The number of nitrogens with zero attached hydrogens (tertiary/aromatic N) is 2. The molecule has 0 bridgehead atoms. The third kappa shape index (κ3) is 4.33. The summed E-state index contributed by atoms with van der Waals surface area (Å²) in [5.74, 6) is 1.32. The van der Waals surface area contributed by atoms with Gasteiger partial charge in [0.05, 0.1) is 0 Å². The van der Waals surface area contributed by atoms with E-state index in [0.717, 1.165) is 17.5 Å². The molecule has 1 aromatic heterocycles. The SMILES string of the molecule is CC(C)(C)Cc1nc(-c2ccc(CN)cc2)no1.Cl. The summed E-state index contributed by atoms with van der Waals surface area (Å²) in [5.41, 5.74) is 7.76. The summed E-state index contributed by atoms with van der Waals surface area (Å²) in [4.78, 5) is 4.41. The lowest BCUT2D eigenvalue weighted by Gasteiger charge is -2.13. The van der Waals surface area contributed by atoms with Crippen molar-refractivity contribution in [1.29, 1.82) is 0 Å². The average Bonchev–Trinajstić information content (AvgIpc) is 2.75. The molecular weight excluding hydrogens is 262 g/mol. The largest absolute Gasteiger partial charge is 0.339 e. The van der Waals surface area contributed by atoms with Crippen LogP contribution in [0.1, 0.15) is 32.2 Å². The van der Waals surface area contributed by atoms with Crippen molar-refractivity contribution in [3.8, 4) is 11.4 Å². The topological polar surface area (TPSA) is 64.9 Å². The van der Waals surface area contributed by atoms with E-state index < -0.39 is 0 Å². The first-order valence-electron chi connectivity index (χ1n) is 6.10. The Bertz CT molecular complexity index is 514. The number of halogens is 1. The molecule has 0 radical (unpaired) electrons. The zero-order valence-electron chi connectivity index (χ0n) is 11.5. The summed E-state index contributed by atoms with van der Waals surface area (Å²) in [6.07, 6.45) is 0.779. The zero-order chi connectivity index (χ0) is 13.2. The molecule has 1 aromatic carbocycles. The van der Waals surface area contributed by atoms with Crippen molar-refractivity contribution < 1.29 is 4.52 Å². The lowest BCUT2D eigenvalue weighted by molar-refractivity contribution is 0.314. The number of aromatic nitrogens is 2. The Morgan fingerprint density at radius 3 is 2.32 bits per heavy atom. The summed E-state index contributed by atoms with van der Waals surface area (Å²) in [5, 5.41) is 4.01. The molecule has 2 N–H and O–H groups in total. The zero-order valence-corrected chi connectivity index (χ0v) is 12.3. The fourth-order valence-corrected chi connectivity index (χ4v) is 1.69. The Kier molecular flexibility index (Phi) is 5.09. The van der Waals surface area contributed by atoms with Gasteiger partial charge in [0.15, 0.2) is 0 Å². The molecular formula is C14H20ClN3O. The maximum Gasteiger partial charge on any atom is 0.227 e. The molecule has 0 fully saturated rings. The molecule has 0 saturated carbocycles. The highest BCUT2D eigenvalue weighted by molar-refractivity contribution is 5.85. The van der Waals surface area contributed by atoms with Crippen LogP contribution in [-0.4, -0.2) is 10.1 Å². The Balaban J connectivity index is 0.00000180. The molecule has 0 saturated heterocycles. The predicted octanol–water partition coefficient (Wildman–Crippen LogP) is 3.21. The summed E-state index contributed by atoms with van der Waals surface area (Å²) in [6, 6.07) is 7.89. The predicted molar refractivity (Wildman–Crippen MR) is 78.0 cm³/mol. The molecule has 0 amide bonds. The van der Waals surface area contributed by atoms with Gasteiger partial charge in [-0.2, -0.15) is 4.98 Å². The van der Waals surface area contributed by atoms with Crippen LogP contribution in [0.3, 0.4) is 0 Å². The minimum Gasteiger partial charge on any atom is -0.339 e. The van der Waals surface area contributed by atoms with E-state index in [0.29, 0.717) is 18.3 Å². The second-order valence-electron chi connectivity index (χ2n) is 5.65. The van der Waals surface area contributed by atoms with E-state index in [9.17, 15) is 0 Å². The molecule has 2 aromatic rings. The van der Waals surface area contributed by atoms with Gasteiger partial charge < -0.3 is 10.3 Å². The molecule has 0 spiro atoms. The van der Waals surface area contributed by atoms with E-state index in [2.05, 4.69) is 30.9 Å².